The van der Waals surface area contributed by atoms with E-state index in [1.54, 1.807) is 18.2 Å². The summed E-state index contributed by atoms with van der Waals surface area (Å²) in [5.74, 6) is -1.19. The molecule has 0 aliphatic heterocycles. The molecular formula is C13H15BrClNO5. The lowest BCUT2D eigenvalue weighted by Crippen LogP contribution is -2.40. The fourth-order valence-corrected chi connectivity index (χ4v) is 2.21. The van der Waals surface area contributed by atoms with Crippen molar-refractivity contribution in [2.45, 2.75) is 0 Å². The number of rotatable bonds is 8. The van der Waals surface area contributed by atoms with Gasteiger partial charge >= 0.3 is 5.97 Å². The Kier molecular flexibility index (Phi) is 7.49. The fraction of sp³-hybridized carbons (Fsp3) is 0.385. The zero-order valence-corrected chi connectivity index (χ0v) is 13.7. The molecule has 116 valence electrons. The minimum atomic E-state index is -1.10. The van der Waals surface area contributed by atoms with E-state index < -0.39 is 18.4 Å². The number of carboxylic acid groups (broad SMARTS) is 1. The van der Waals surface area contributed by atoms with Crippen LogP contribution < -0.4 is 4.74 Å². The van der Waals surface area contributed by atoms with Crippen LogP contribution in [0, 0.1) is 0 Å². The number of methoxy groups -OCH3 is 1. The minimum Gasteiger partial charge on any atom is -0.482 e. The van der Waals surface area contributed by atoms with Crippen LogP contribution in [0.15, 0.2) is 22.7 Å². The Morgan fingerprint density at radius 3 is 2.71 bits per heavy atom. The van der Waals surface area contributed by atoms with Gasteiger partial charge in [-0.2, -0.15) is 0 Å². The number of ether oxygens (including phenoxy) is 2. The normalized spacial score (nSPS) is 10.2. The number of benzene rings is 1. The molecule has 0 atom stereocenters. The molecule has 0 unspecified atom stereocenters. The van der Waals surface area contributed by atoms with Crippen LogP contribution in [0.3, 0.4) is 0 Å². The van der Waals surface area contributed by atoms with Gasteiger partial charge in [0.25, 0.3) is 5.91 Å². The number of carbonyl (C=O) groups excluding carboxylic acids is 1. The van der Waals surface area contributed by atoms with Crippen molar-refractivity contribution in [1.82, 2.24) is 4.90 Å². The van der Waals surface area contributed by atoms with Gasteiger partial charge in [0.1, 0.15) is 12.3 Å². The smallest absolute Gasteiger partial charge is 0.323 e. The third-order valence-corrected chi connectivity index (χ3v) is 3.28. The maximum absolute atomic E-state index is 12.0. The van der Waals surface area contributed by atoms with Crippen molar-refractivity contribution in [2.24, 2.45) is 0 Å². The zero-order chi connectivity index (χ0) is 15.8. The molecule has 0 spiro atoms. The number of halogens is 2. The molecule has 8 heteroatoms. The van der Waals surface area contributed by atoms with Crippen molar-refractivity contribution in [1.29, 1.82) is 0 Å². The Morgan fingerprint density at radius 2 is 2.14 bits per heavy atom. The molecule has 0 fully saturated rings. The van der Waals surface area contributed by atoms with E-state index >= 15 is 0 Å². The topological polar surface area (TPSA) is 76.1 Å². The van der Waals surface area contributed by atoms with E-state index in [0.717, 1.165) is 9.37 Å². The summed E-state index contributed by atoms with van der Waals surface area (Å²) in [5.41, 5.74) is 0. The van der Waals surface area contributed by atoms with Gasteiger partial charge in [0.15, 0.2) is 6.61 Å². The lowest BCUT2D eigenvalue weighted by molar-refractivity contribution is -0.145. The molecule has 0 heterocycles. The van der Waals surface area contributed by atoms with Gasteiger partial charge < -0.3 is 19.5 Å². The van der Waals surface area contributed by atoms with Gasteiger partial charge in [0, 0.05) is 18.1 Å². The van der Waals surface area contributed by atoms with Crippen LogP contribution in [0.25, 0.3) is 0 Å². The first kappa shape index (κ1) is 17.7. The van der Waals surface area contributed by atoms with E-state index in [1.165, 1.54) is 7.11 Å². The minimum absolute atomic E-state index is 0.180. The summed E-state index contributed by atoms with van der Waals surface area (Å²) in [6.45, 7) is -0.269. The van der Waals surface area contributed by atoms with E-state index in [9.17, 15) is 9.59 Å². The molecule has 0 aromatic heterocycles. The van der Waals surface area contributed by atoms with Crippen LogP contribution in [0.4, 0.5) is 0 Å². The maximum atomic E-state index is 12.0. The first-order valence-electron chi connectivity index (χ1n) is 6.00. The van der Waals surface area contributed by atoms with Crippen LogP contribution in [0.1, 0.15) is 0 Å². The average molecular weight is 381 g/mol. The summed E-state index contributed by atoms with van der Waals surface area (Å²) in [5, 5.41) is 9.15. The molecule has 21 heavy (non-hydrogen) atoms. The molecule has 0 bridgehead atoms. The highest BCUT2D eigenvalue weighted by Gasteiger charge is 2.17. The van der Waals surface area contributed by atoms with E-state index in [-0.39, 0.29) is 19.8 Å². The highest BCUT2D eigenvalue weighted by molar-refractivity contribution is 9.10. The zero-order valence-electron chi connectivity index (χ0n) is 11.3. The second-order valence-electron chi connectivity index (χ2n) is 4.07. The van der Waals surface area contributed by atoms with Crippen molar-refractivity contribution in [2.75, 3.05) is 33.4 Å². The van der Waals surface area contributed by atoms with Crippen molar-refractivity contribution in [3.05, 3.63) is 27.7 Å². The van der Waals surface area contributed by atoms with E-state index in [1.807, 2.05) is 0 Å². The lowest BCUT2D eigenvalue weighted by atomic mass is 10.3. The van der Waals surface area contributed by atoms with Crippen molar-refractivity contribution in [3.63, 3.8) is 0 Å². The Labute approximate surface area is 135 Å². The number of amides is 1. The molecule has 0 aliphatic carbocycles. The van der Waals surface area contributed by atoms with E-state index in [4.69, 9.17) is 26.2 Å². The van der Waals surface area contributed by atoms with Crippen LogP contribution in [-0.4, -0.2) is 55.3 Å². The van der Waals surface area contributed by atoms with Crippen LogP contribution in [0.2, 0.25) is 5.02 Å². The number of hydrogen-bond acceptors (Lipinski definition) is 4. The Balaban J connectivity index is 2.61. The third-order valence-electron chi connectivity index (χ3n) is 2.49. The summed E-state index contributed by atoms with van der Waals surface area (Å²) in [6, 6.07) is 4.99. The van der Waals surface area contributed by atoms with Crippen LogP contribution in [-0.2, 0) is 14.3 Å². The second-order valence-corrected chi connectivity index (χ2v) is 5.39. The SMILES string of the molecule is COCCN(CC(=O)O)C(=O)COc1ccc(Br)cc1Cl. The van der Waals surface area contributed by atoms with E-state index in [0.29, 0.717) is 10.8 Å². The Hall–Kier alpha value is -1.31. The molecule has 1 N–H and O–H groups in total. The molecule has 1 rings (SSSR count). The van der Waals surface area contributed by atoms with Gasteiger partial charge in [-0.1, -0.05) is 27.5 Å². The summed E-state index contributed by atoms with van der Waals surface area (Å²) in [6.07, 6.45) is 0. The monoisotopic (exact) mass is 379 g/mol. The van der Waals surface area contributed by atoms with Gasteiger partial charge in [0.05, 0.1) is 11.6 Å². The number of aliphatic carboxylic acids is 1. The highest BCUT2D eigenvalue weighted by atomic mass is 79.9. The van der Waals surface area contributed by atoms with Gasteiger partial charge in [-0.15, -0.1) is 0 Å². The predicted molar refractivity (Wildman–Crippen MR) is 80.7 cm³/mol. The van der Waals surface area contributed by atoms with Gasteiger partial charge in [-0.3, -0.25) is 9.59 Å². The molecular weight excluding hydrogens is 366 g/mol. The highest BCUT2D eigenvalue weighted by Crippen LogP contribution is 2.27. The average Bonchev–Trinajstić information content (AvgIpc) is 2.41. The molecule has 0 saturated carbocycles. The number of carboxylic acids is 1. The molecule has 0 aliphatic rings. The summed E-state index contributed by atoms with van der Waals surface area (Å²) in [4.78, 5) is 23.9. The quantitative estimate of drug-likeness (QED) is 0.747. The van der Waals surface area contributed by atoms with Gasteiger partial charge in [-0.05, 0) is 18.2 Å². The summed E-state index contributed by atoms with van der Waals surface area (Å²) >= 11 is 9.23. The first-order chi connectivity index (χ1) is 9.93. The molecule has 1 aromatic carbocycles. The molecule has 0 saturated heterocycles. The standard InChI is InChI=1S/C13H15BrClNO5/c1-20-5-4-16(7-13(18)19)12(17)8-21-11-3-2-9(14)6-10(11)15/h2-3,6H,4-5,7-8H2,1H3,(H,18,19). The number of hydrogen-bond donors (Lipinski definition) is 1. The lowest BCUT2D eigenvalue weighted by Gasteiger charge is -2.20. The summed E-state index contributed by atoms with van der Waals surface area (Å²) < 4.78 is 11.0. The first-order valence-corrected chi connectivity index (χ1v) is 7.17. The maximum Gasteiger partial charge on any atom is 0.323 e. The van der Waals surface area contributed by atoms with Crippen LogP contribution in [0.5, 0.6) is 5.75 Å². The Bertz CT molecular complexity index is 511. The second kappa shape index (κ2) is 8.86. The van der Waals surface area contributed by atoms with Gasteiger partial charge in [0.2, 0.25) is 0 Å². The largest absolute Gasteiger partial charge is 0.482 e. The number of carbonyl (C=O) groups is 2. The van der Waals surface area contributed by atoms with E-state index in [2.05, 4.69) is 15.9 Å². The predicted octanol–water partition coefficient (Wildman–Crippen LogP) is 2.04. The Morgan fingerprint density at radius 1 is 1.43 bits per heavy atom. The van der Waals surface area contributed by atoms with Crippen LogP contribution >= 0.6 is 27.5 Å². The molecule has 1 amide bonds. The molecule has 6 nitrogen and oxygen atoms in total. The molecule has 1 aromatic rings. The fourth-order valence-electron chi connectivity index (χ4n) is 1.48. The third kappa shape index (κ3) is 6.33. The van der Waals surface area contributed by atoms with Crippen molar-refractivity contribution < 1.29 is 24.2 Å². The summed E-state index contributed by atoms with van der Waals surface area (Å²) in [7, 11) is 1.47. The number of nitrogens with zero attached hydrogens (tertiary/aromatic N) is 1. The van der Waals surface area contributed by atoms with Gasteiger partial charge in [-0.25, -0.2) is 0 Å². The van der Waals surface area contributed by atoms with Crippen molar-refractivity contribution >= 4 is 39.4 Å². The van der Waals surface area contributed by atoms with Crippen molar-refractivity contribution in [3.8, 4) is 5.75 Å². The molecule has 0 radical (unpaired) electrons.